The number of aromatic carboxylic acids is 1. The molecule has 1 atom stereocenters. The second kappa shape index (κ2) is 4.53. The second-order valence-electron chi connectivity index (χ2n) is 3.50. The molecule has 16 heavy (non-hydrogen) atoms. The molecule has 0 aromatic heterocycles. The summed E-state index contributed by atoms with van der Waals surface area (Å²) in [6, 6.07) is 6.25. The fraction of sp³-hybridized carbons (Fsp3) is 0.273. The average molecular weight is 219 g/mol. The number of carbonyl (C=O) groups is 1. The monoisotopic (exact) mass is 219 g/mol. The van der Waals surface area contributed by atoms with Gasteiger partial charge in [0.05, 0.1) is 17.3 Å². The van der Waals surface area contributed by atoms with Crippen LogP contribution in [0.1, 0.15) is 17.3 Å². The summed E-state index contributed by atoms with van der Waals surface area (Å²) in [6.45, 7) is 1.70. The molecule has 0 amide bonds. The van der Waals surface area contributed by atoms with Crippen LogP contribution in [-0.2, 0) is 0 Å². The molecule has 0 aliphatic rings. The van der Waals surface area contributed by atoms with Crippen molar-refractivity contribution in [3.63, 3.8) is 0 Å². The Morgan fingerprint density at radius 2 is 2.25 bits per heavy atom. The van der Waals surface area contributed by atoms with Crippen LogP contribution in [0, 0.1) is 11.3 Å². The number of anilines is 2. The lowest BCUT2D eigenvalue weighted by atomic mass is 10.1. The van der Waals surface area contributed by atoms with Gasteiger partial charge in [0, 0.05) is 12.7 Å². The van der Waals surface area contributed by atoms with Gasteiger partial charge in [0.1, 0.15) is 6.04 Å². The summed E-state index contributed by atoms with van der Waals surface area (Å²) in [5.41, 5.74) is 6.50. The number of rotatable bonds is 3. The molecule has 5 heteroatoms. The van der Waals surface area contributed by atoms with Gasteiger partial charge in [-0.05, 0) is 25.1 Å². The zero-order valence-electron chi connectivity index (χ0n) is 9.14. The van der Waals surface area contributed by atoms with E-state index in [0.29, 0.717) is 11.4 Å². The van der Waals surface area contributed by atoms with E-state index in [1.165, 1.54) is 6.07 Å². The van der Waals surface area contributed by atoms with Crippen LogP contribution >= 0.6 is 0 Å². The van der Waals surface area contributed by atoms with Crippen molar-refractivity contribution < 1.29 is 9.90 Å². The van der Waals surface area contributed by atoms with Gasteiger partial charge in [0.2, 0.25) is 0 Å². The van der Waals surface area contributed by atoms with Gasteiger partial charge in [-0.2, -0.15) is 5.26 Å². The first-order chi connectivity index (χ1) is 7.47. The third-order valence-corrected chi connectivity index (χ3v) is 2.40. The van der Waals surface area contributed by atoms with Crippen LogP contribution < -0.4 is 10.6 Å². The summed E-state index contributed by atoms with van der Waals surface area (Å²) in [5, 5.41) is 17.8. The van der Waals surface area contributed by atoms with Crippen LogP contribution in [-0.4, -0.2) is 24.2 Å². The Morgan fingerprint density at radius 1 is 1.62 bits per heavy atom. The van der Waals surface area contributed by atoms with E-state index in [0.717, 1.165) is 0 Å². The van der Waals surface area contributed by atoms with Gasteiger partial charge in [0.15, 0.2) is 0 Å². The highest BCUT2D eigenvalue weighted by molar-refractivity contribution is 5.95. The third kappa shape index (κ3) is 2.23. The van der Waals surface area contributed by atoms with Crippen LogP contribution in [0.25, 0.3) is 0 Å². The van der Waals surface area contributed by atoms with Crippen molar-refractivity contribution in [1.82, 2.24) is 0 Å². The normalized spacial score (nSPS) is 11.6. The Morgan fingerprint density at radius 3 is 2.75 bits per heavy atom. The molecule has 84 valence electrons. The van der Waals surface area contributed by atoms with Gasteiger partial charge in [-0.3, -0.25) is 0 Å². The fourth-order valence-electron chi connectivity index (χ4n) is 1.33. The Kier molecular flexibility index (Phi) is 3.36. The fourth-order valence-corrected chi connectivity index (χ4v) is 1.33. The molecule has 1 aromatic carbocycles. The summed E-state index contributed by atoms with van der Waals surface area (Å²) in [4.78, 5) is 12.6. The average Bonchev–Trinajstić information content (AvgIpc) is 2.26. The number of carboxylic acid groups (broad SMARTS) is 1. The lowest BCUT2D eigenvalue weighted by molar-refractivity contribution is 0.0697. The van der Waals surface area contributed by atoms with E-state index in [9.17, 15) is 4.79 Å². The Bertz CT molecular complexity index is 451. The van der Waals surface area contributed by atoms with Crippen molar-refractivity contribution in [2.45, 2.75) is 13.0 Å². The number of hydrogen-bond acceptors (Lipinski definition) is 4. The van der Waals surface area contributed by atoms with E-state index in [4.69, 9.17) is 16.1 Å². The maximum absolute atomic E-state index is 11.0. The molecule has 0 spiro atoms. The van der Waals surface area contributed by atoms with Crippen LogP contribution in [0.15, 0.2) is 18.2 Å². The Balaban J connectivity index is 3.23. The van der Waals surface area contributed by atoms with Crippen molar-refractivity contribution in [2.24, 2.45) is 0 Å². The Labute approximate surface area is 93.7 Å². The molecule has 0 radical (unpaired) electrons. The molecule has 0 saturated heterocycles. The minimum absolute atomic E-state index is 0.101. The highest BCUT2D eigenvalue weighted by Gasteiger charge is 2.17. The molecule has 1 rings (SSSR count). The molecule has 0 heterocycles. The molecular formula is C11H13N3O2. The van der Waals surface area contributed by atoms with Gasteiger partial charge < -0.3 is 15.7 Å². The highest BCUT2D eigenvalue weighted by Crippen LogP contribution is 2.23. The van der Waals surface area contributed by atoms with Gasteiger partial charge in [-0.15, -0.1) is 0 Å². The standard InChI is InChI=1S/C11H13N3O2/c1-7(6-12)14(2)10-4-3-8(13)5-9(10)11(15)16/h3-5,7H,13H2,1-2H3,(H,15,16). The maximum Gasteiger partial charge on any atom is 0.337 e. The van der Waals surface area contributed by atoms with E-state index in [1.807, 2.05) is 6.07 Å². The largest absolute Gasteiger partial charge is 0.478 e. The summed E-state index contributed by atoms with van der Waals surface area (Å²) in [5.74, 6) is -1.06. The number of benzene rings is 1. The van der Waals surface area contributed by atoms with Gasteiger partial charge in [0.25, 0.3) is 0 Å². The van der Waals surface area contributed by atoms with Gasteiger partial charge in [-0.1, -0.05) is 0 Å². The van der Waals surface area contributed by atoms with E-state index in [-0.39, 0.29) is 5.56 Å². The predicted octanol–water partition coefficient (Wildman–Crippen LogP) is 1.32. The number of nitrogens with two attached hydrogens (primary N) is 1. The minimum atomic E-state index is -1.06. The number of nitrogens with zero attached hydrogens (tertiary/aromatic N) is 2. The molecule has 1 aromatic rings. The molecule has 5 nitrogen and oxygen atoms in total. The number of hydrogen-bond donors (Lipinski definition) is 2. The topological polar surface area (TPSA) is 90.4 Å². The van der Waals surface area contributed by atoms with E-state index < -0.39 is 12.0 Å². The minimum Gasteiger partial charge on any atom is -0.478 e. The van der Waals surface area contributed by atoms with Crippen molar-refractivity contribution >= 4 is 17.3 Å². The van der Waals surface area contributed by atoms with Crippen LogP contribution in [0.4, 0.5) is 11.4 Å². The maximum atomic E-state index is 11.0. The summed E-state index contributed by atoms with van der Waals surface area (Å²) >= 11 is 0. The first kappa shape index (κ1) is 11.9. The number of carboxylic acids is 1. The van der Waals surface area contributed by atoms with Crippen molar-refractivity contribution in [1.29, 1.82) is 5.26 Å². The SMILES string of the molecule is CC(C#N)N(C)c1ccc(N)cc1C(=O)O. The quantitative estimate of drug-likeness (QED) is 0.748. The van der Waals surface area contributed by atoms with Crippen molar-refractivity contribution in [3.8, 4) is 6.07 Å². The van der Waals surface area contributed by atoms with Crippen LogP contribution in [0.3, 0.4) is 0 Å². The summed E-state index contributed by atoms with van der Waals surface area (Å²) < 4.78 is 0. The number of nitriles is 1. The molecule has 0 fully saturated rings. The van der Waals surface area contributed by atoms with E-state index in [1.54, 1.807) is 31.0 Å². The third-order valence-electron chi connectivity index (χ3n) is 2.40. The second-order valence-corrected chi connectivity index (χ2v) is 3.50. The predicted molar refractivity (Wildman–Crippen MR) is 61.3 cm³/mol. The molecule has 1 unspecified atom stereocenters. The smallest absolute Gasteiger partial charge is 0.337 e. The molecule has 0 aliphatic heterocycles. The molecule has 3 N–H and O–H groups in total. The first-order valence-electron chi connectivity index (χ1n) is 4.72. The van der Waals surface area contributed by atoms with Gasteiger partial charge >= 0.3 is 5.97 Å². The van der Waals surface area contributed by atoms with Crippen molar-refractivity contribution in [2.75, 3.05) is 17.7 Å². The lowest BCUT2D eigenvalue weighted by Crippen LogP contribution is -2.28. The zero-order chi connectivity index (χ0) is 12.3. The molecule has 0 saturated carbocycles. The number of nitrogen functional groups attached to an aromatic ring is 1. The molecule has 0 bridgehead atoms. The summed E-state index contributed by atoms with van der Waals surface area (Å²) in [7, 11) is 1.67. The molecule has 0 aliphatic carbocycles. The zero-order valence-corrected chi connectivity index (χ0v) is 9.14. The van der Waals surface area contributed by atoms with E-state index >= 15 is 0 Å². The Hall–Kier alpha value is -2.22. The summed E-state index contributed by atoms with van der Waals surface area (Å²) in [6.07, 6.45) is 0. The van der Waals surface area contributed by atoms with Gasteiger partial charge in [-0.25, -0.2) is 4.79 Å². The van der Waals surface area contributed by atoms with Crippen LogP contribution in [0.2, 0.25) is 0 Å². The molecular weight excluding hydrogens is 206 g/mol. The first-order valence-corrected chi connectivity index (χ1v) is 4.72. The highest BCUT2D eigenvalue weighted by atomic mass is 16.4. The van der Waals surface area contributed by atoms with Crippen molar-refractivity contribution in [3.05, 3.63) is 23.8 Å². The van der Waals surface area contributed by atoms with E-state index in [2.05, 4.69) is 0 Å². The van der Waals surface area contributed by atoms with Crippen LogP contribution in [0.5, 0.6) is 0 Å². The lowest BCUT2D eigenvalue weighted by Gasteiger charge is -2.23.